The summed E-state index contributed by atoms with van der Waals surface area (Å²) in [6.45, 7) is 2.11. The van der Waals surface area contributed by atoms with Crippen molar-refractivity contribution in [2.24, 2.45) is 27.6 Å². The average Bonchev–Trinajstić information content (AvgIpc) is 2.64. The summed E-state index contributed by atoms with van der Waals surface area (Å²) in [4.78, 5) is 8.97. The number of hydrogen-bond acceptors (Lipinski definition) is 5. The number of nitriles is 2. The summed E-state index contributed by atoms with van der Waals surface area (Å²) in [5.74, 6) is -0.301. The zero-order valence-corrected chi connectivity index (χ0v) is 9.85. The van der Waals surface area contributed by atoms with Crippen LogP contribution in [0.25, 0.3) is 0 Å². The van der Waals surface area contributed by atoms with E-state index in [0.717, 1.165) is 19.3 Å². The predicted molar refractivity (Wildman–Crippen MR) is 64.1 cm³/mol. The van der Waals surface area contributed by atoms with Gasteiger partial charge >= 0.3 is 0 Å². The smallest absolute Gasteiger partial charge is 0.178 e. The molecule has 5 heteroatoms. The Bertz CT molecular complexity index is 450. The van der Waals surface area contributed by atoms with Crippen molar-refractivity contribution in [2.75, 3.05) is 0 Å². The third-order valence-corrected chi connectivity index (χ3v) is 3.64. The molecule has 0 saturated heterocycles. The van der Waals surface area contributed by atoms with Crippen molar-refractivity contribution in [1.29, 1.82) is 10.5 Å². The zero-order valence-electron chi connectivity index (χ0n) is 9.85. The van der Waals surface area contributed by atoms with E-state index in [1.165, 1.54) is 6.42 Å². The van der Waals surface area contributed by atoms with E-state index in [4.69, 9.17) is 16.3 Å². The third-order valence-electron chi connectivity index (χ3n) is 3.64. The van der Waals surface area contributed by atoms with Gasteiger partial charge < -0.3 is 5.73 Å². The van der Waals surface area contributed by atoms with Crippen LogP contribution in [0.15, 0.2) is 9.98 Å². The average molecular weight is 229 g/mol. The van der Waals surface area contributed by atoms with Crippen LogP contribution in [0.4, 0.5) is 0 Å². The van der Waals surface area contributed by atoms with E-state index in [9.17, 15) is 0 Å². The molecule has 0 unspecified atom stereocenters. The van der Waals surface area contributed by atoms with Crippen molar-refractivity contribution in [3.8, 4) is 12.1 Å². The van der Waals surface area contributed by atoms with Gasteiger partial charge in [0.15, 0.2) is 11.6 Å². The standard InChI is InChI=1S/C12H15N5/c1-8-4-2-3-5-12(8)16-10(11(15)17-12)9(6-13)7-14/h8-9H,2-5H2,1H3,(H2,15,17)/t8-,12+/m1/s1. The highest BCUT2D eigenvalue weighted by Gasteiger charge is 2.43. The van der Waals surface area contributed by atoms with Crippen molar-refractivity contribution in [2.45, 2.75) is 38.3 Å². The topological polar surface area (TPSA) is 98.3 Å². The quantitative estimate of drug-likeness (QED) is 0.735. The molecule has 0 aromatic rings. The molecule has 1 fully saturated rings. The number of rotatable bonds is 1. The molecule has 2 N–H and O–H groups in total. The van der Waals surface area contributed by atoms with Gasteiger partial charge in [-0.1, -0.05) is 13.3 Å². The van der Waals surface area contributed by atoms with Crippen molar-refractivity contribution >= 4 is 11.5 Å². The molecule has 2 aliphatic rings. The molecule has 1 aliphatic heterocycles. The van der Waals surface area contributed by atoms with E-state index in [1.807, 2.05) is 12.1 Å². The van der Waals surface area contributed by atoms with Crippen molar-refractivity contribution in [3.05, 3.63) is 0 Å². The number of nitrogens with zero attached hydrogens (tertiary/aromatic N) is 4. The van der Waals surface area contributed by atoms with Gasteiger partial charge in [0.1, 0.15) is 11.5 Å². The third kappa shape index (κ3) is 1.78. The summed E-state index contributed by atoms with van der Waals surface area (Å²) >= 11 is 0. The minimum absolute atomic E-state index is 0.270. The van der Waals surface area contributed by atoms with Crippen molar-refractivity contribution in [3.63, 3.8) is 0 Å². The second-order valence-corrected chi connectivity index (χ2v) is 4.71. The Balaban J connectivity index is 2.37. The van der Waals surface area contributed by atoms with E-state index in [-0.39, 0.29) is 5.84 Å². The van der Waals surface area contributed by atoms with Gasteiger partial charge in [-0.05, 0) is 19.3 Å². The fourth-order valence-corrected chi connectivity index (χ4v) is 2.57. The largest absolute Gasteiger partial charge is 0.382 e. The molecule has 0 bridgehead atoms. The number of amidine groups is 1. The van der Waals surface area contributed by atoms with Crippen LogP contribution in [0.1, 0.15) is 32.6 Å². The molecular weight excluding hydrogens is 214 g/mol. The number of nitrogens with two attached hydrogens (primary N) is 1. The van der Waals surface area contributed by atoms with Gasteiger partial charge in [0.25, 0.3) is 0 Å². The first-order valence-corrected chi connectivity index (χ1v) is 5.87. The van der Waals surface area contributed by atoms with Gasteiger partial charge in [-0.3, -0.25) is 4.99 Å². The molecule has 0 amide bonds. The molecule has 17 heavy (non-hydrogen) atoms. The second kappa shape index (κ2) is 4.18. The van der Waals surface area contributed by atoms with E-state index in [1.54, 1.807) is 0 Å². The Hall–Kier alpha value is -1.88. The Labute approximate surface area is 101 Å². The Morgan fingerprint density at radius 1 is 1.35 bits per heavy atom. The molecule has 0 aromatic carbocycles. The van der Waals surface area contributed by atoms with Crippen LogP contribution in [0.5, 0.6) is 0 Å². The molecule has 1 spiro atoms. The van der Waals surface area contributed by atoms with Crippen LogP contribution < -0.4 is 5.73 Å². The molecule has 0 radical (unpaired) electrons. The molecule has 2 rings (SSSR count). The first-order valence-electron chi connectivity index (χ1n) is 5.87. The Morgan fingerprint density at radius 2 is 2.06 bits per heavy atom. The van der Waals surface area contributed by atoms with E-state index >= 15 is 0 Å². The minimum Gasteiger partial charge on any atom is -0.382 e. The second-order valence-electron chi connectivity index (χ2n) is 4.71. The van der Waals surface area contributed by atoms with Crippen LogP contribution in [0.2, 0.25) is 0 Å². The normalized spacial score (nSPS) is 31.9. The SMILES string of the molecule is C[C@@H]1CCCC[C@]12N=C(N)C(C(C#N)C#N)=N2. The maximum atomic E-state index is 8.89. The van der Waals surface area contributed by atoms with Gasteiger partial charge in [-0.2, -0.15) is 10.5 Å². The summed E-state index contributed by atoms with van der Waals surface area (Å²) in [5, 5.41) is 17.8. The van der Waals surface area contributed by atoms with Crippen molar-refractivity contribution in [1.82, 2.24) is 0 Å². The van der Waals surface area contributed by atoms with E-state index in [2.05, 4.69) is 16.9 Å². The molecule has 1 heterocycles. The monoisotopic (exact) mass is 229 g/mol. The van der Waals surface area contributed by atoms with Gasteiger partial charge in [-0.15, -0.1) is 0 Å². The van der Waals surface area contributed by atoms with Gasteiger partial charge in [0.05, 0.1) is 12.1 Å². The summed E-state index contributed by atoms with van der Waals surface area (Å²) in [6.07, 6.45) is 4.18. The van der Waals surface area contributed by atoms with Crippen LogP contribution in [-0.4, -0.2) is 17.2 Å². The number of aliphatic imine (C=N–C) groups is 2. The first-order chi connectivity index (χ1) is 8.13. The van der Waals surface area contributed by atoms with Gasteiger partial charge in [0.2, 0.25) is 0 Å². The van der Waals surface area contributed by atoms with Crippen LogP contribution in [-0.2, 0) is 0 Å². The fraction of sp³-hybridized carbons (Fsp3) is 0.667. The molecule has 1 aliphatic carbocycles. The lowest BCUT2D eigenvalue weighted by atomic mass is 9.81. The summed E-state index contributed by atoms with van der Waals surface area (Å²) in [6, 6.07) is 3.82. The molecule has 0 aromatic heterocycles. The highest BCUT2D eigenvalue weighted by Crippen LogP contribution is 2.40. The molecule has 5 nitrogen and oxygen atoms in total. The number of hydrogen-bond donors (Lipinski definition) is 1. The molecule has 1 saturated carbocycles. The zero-order chi connectivity index (χ0) is 12.5. The lowest BCUT2D eigenvalue weighted by Crippen LogP contribution is -2.34. The summed E-state index contributed by atoms with van der Waals surface area (Å²) in [7, 11) is 0. The highest BCUT2D eigenvalue weighted by molar-refractivity contribution is 6.44. The predicted octanol–water partition coefficient (Wildman–Crippen LogP) is 1.37. The van der Waals surface area contributed by atoms with Gasteiger partial charge in [0, 0.05) is 5.92 Å². The van der Waals surface area contributed by atoms with Crippen LogP contribution in [0, 0.1) is 34.5 Å². The highest BCUT2D eigenvalue weighted by atomic mass is 15.2. The lowest BCUT2D eigenvalue weighted by molar-refractivity contribution is 0.221. The van der Waals surface area contributed by atoms with Crippen LogP contribution >= 0.6 is 0 Å². The lowest BCUT2D eigenvalue weighted by Gasteiger charge is -2.34. The van der Waals surface area contributed by atoms with Gasteiger partial charge in [-0.25, -0.2) is 4.99 Å². The molecule has 88 valence electrons. The Kier molecular flexibility index (Phi) is 2.85. The maximum absolute atomic E-state index is 8.89. The maximum Gasteiger partial charge on any atom is 0.178 e. The first kappa shape index (κ1) is 11.6. The summed E-state index contributed by atoms with van der Waals surface area (Å²) < 4.78 is 0. The molecule has 2 atom stereocenters. The van der Waals surface area contributed by atoms with E-state index < -0.39 is 11.6 Å². The van der Waals surface area contributed by atoms with E-state index in [0.29, 0.717) is 11.6 Å². The molecular formula is C12H15N5. The summed E-state index contributed by atoms with van der Waals surface area (Å²) in [5.41, 5.74) is 5.68. The minimum atomic E-state index is -0.896. The fourth-order valence-electron chi connectivity index (χ4n) is 2.57. The van der Waals surface area contributed by atoms with Crippen LogP contribution in [0.3, 0.4) is 0 Å². The Morgan fingerprint density at radius 3 is 2.65 bits per heavy atom. The van der Waals surface area contributed by atoms with Crippen molar-refractivity contribution < 1.29 is 0 Å².